The molecule has 12 heteroatoms. The lowest BCUT2D eigenvalue weighted by atomic mass is 9.94. The Morgan fingerprint density at radius 2 is 1.83 bits per heavy atom. The van der Waals surface area contributed by atoms with Gasteiger partial charge in [0.15, 0.2) is 23.1 Å². The molecule has 210 valence electrons. The molecule has 0 radical (unpaired) electrons. The summed E-state index contributed by atoms with van der Waals surface area (Å²) in [5, 5.41) is 18.6. The van der Waals surface area contributed by atoms with Crippen LogP contribution in [0.4, 0.5) is 8.78 Å². The molecule has 0 saturated heterocycles. The highest BCUT2D eigenvalue weighted by atomic mass is 19.2. The number of hydrogen-bond donors (Lipinski definition) is 3. The average Bonchev–Trinajstić information content (AvgIpc) is 3.59. The topological polar surface area (TPSA) is 143 Å². The lowest BCUT2D eigenvalue weighted by Gasteiger charge is -2.17. The van der Waals surface area contributed by atoms with E-state index in [0.717, 1.165) is 28.8 Å². The summed E-state index contributed by atoms with van der Waals surface area (Å²) >= 11 is 0. The Bertz CT molecular complexity index is 1720. The number of fused-ring (bicyclic) bond motifs is 2. The number of Topliss-reactive ketones (excluding diaryl/α,β-unsaturated/α-hetero) is 1. The summed E-state index contributed by atoms with van der Waals surface area (Å²) in [6.45, 7) is 1.74. The normalized spacial score (nSPS) is 14.1. The first-order chi connectivity index (χ1) is 19.6. The second kappa shape index (κ2) is 11.2. The monoisotopic (exact) mass is 561 g/mol. The standard InChI is InChI=1S/C29H25F2N5O5/c1-15-17-5-7-22(19(17)4-3-18(15)25(37)8-9-27(38)39)35-29(41)24-13-23(34-26-10-11-33-36(24)26)28(40)32-14-16-2-6-20(30)21(31)12-16/h2-4,6,10-13,22H,5,7-9,14H2,1H3,(H,32,40)(H,35,41)(H,38,39)/t22-/m0/s1. The molecule has 1 aliphatic rings. The molecule has 0 unspecified atom stereocenters. The van der Waals surface area contributed by atoms with Crippen molar-refractivity contribution in [3.8, 4) is 0 Å². The van der Waals surface area contributed by atoms with Crippen LogP contribution in [0.25, 0.3) is 5.65 Å². The minimum Gasteiger partial charge on any atom is -0.481 e. The highest BCUT2D eigenvalue weighted by Crippen LogP contribution is 2.35. The molecule has 1 atom stereocenters. The number of nitrogens with one attached hydrogen (secondary N) is 2. The zero-order valence-corrected chi connectivity index (χ0v) is 21.9. The van der Waals surface area contributed by atoms with Crippen LogP contribution in [-0.4, -0.2) is 43.3 Å². The van der Waals surface area contributed by atoms with Gasteiger partial charge in [0.1, 0.15) is 11.4 Å². The third kappa shape index (κ3) is 5.67. The largest absolute Gasteiger partial charge is 0.481 e. The Labute approximate surface area is 232 Å². The lowest BCUT2D eigenvalue weighted by molar-refractivity contribution is -0.136. The molecule has 2 amide bonds. The van der Waals surface area contributed by atoms with Gasteiger partial charge < -0.3 is 15.7 Å². The fourth-order valence-corrected chi connectivity index (χ4v) is 5.03. The summed E-state index contributed by atoms with van der Waals surface area (Å²) in [6, 6.07) is 9.23. The van der Waals surface area contributed by atoms with E-state index in [0.29, 0.717) is 24.0 Å². The Kier molecular flexibility index (Phi) is 7.56. The molecule has 2 heterocycles. The molecule has 0 saturated carbocycles. The Morgan fingerprint density at radius 1 is 1.02 bits per heavy atom. The Hall–Kier alpha value is -5.00. The van der Waals surface area contributed by atoms with Gasteiger partial charge in [-0.05, 0) is 54.2 Å². The summed E-state index contributed by atoms with van der Waals surface area (Å²) in [5.74, 6) is -4.41. The molecule has 0 fully saturated rings. The number of carbonyl (C=O) groups excluding carboxylic acids is 3. The maximum absolute atomic E-state index is 13.5. The van der Waals surface area contributed by atoms with E-state index in [2.05, 4.69) is 20.7 Å². The van der Waals surface area contributed by atoms with E-state index in [1.165, 1.54) is 22.8 Å². The maximum atomic E-state index is 13.5. The van der Waals surface area contributed by atoms with Crippen molar-refractivity contribution in [1.29, 1.82) is 0 Å². The second-order valence-corrected chi connectivity index (χ2v) is 9.75. The van der Waals surface area contributed by atoms with Crippen LogP contribution in [-0.2, 0) is 17.8 Å². The van der Waals surface area contributed by atoms with Crippen LogP contribution in [0.2, 0.25) is 0 Å². The van der Waals surface area contributed by atoms with Crippen LogP contribution < -0.4 is 10.6 Å². The molecule has 0 bridgehead atoms. The highest BCUT2D eigenvalue weighted by molar-refractivity contribution is 6.00. The molecule has 1 aliphatic carbocycles. The van der Waals surface area contributed by atoms with Gasteiger partial charge in [-0.3, -0.25) is 19.2 Å². The summed E-state index contributed by atoms with van der Waals surface area (Å²) < 4.78 is 28.0. The fourth-order valence-electron chi connectivity index (χ4n) is 5.03. The minimum atomic E-state index is -1.04. The number of carbonyl (C=O) groups is 4. The minimum absolute atomic E-state index is 0.0575. The van der Waals surface area contributed by atoms with Crippen LogP contribution in [0.5, 0.6) is 0 Å². The number of benzene rings is 2. The summed E-state index contributed by atoms with van der Waals surface area (Å²) in [5.41, 5.74) is 3.68. The molecular weight excluding hydrogens is 536 g/mol. The summed E-state index contributed by atoms with van der Waals surface area (Å²) in [7, 11) is 0. The van der Waals surface area contributed by atoms with Gasteiger partial charge in [0.05, 0.1) is 18.7 Å². The van der Waals surface area contributed by atoms with E-state index in [1.54, 1.807) is 18.2 Å². The zero-order chi connectivity index (χ0) is 29.3. The molecule has 10 nitrogen and oxygen atoms in total. The molecule has 5 rings (SSSR count). The second-order valence-electron chi connectivity index (χ2n) is 9.75. The SMILES string of the molecule is Cc1c(C(=O)CCC(=O)O)ccc2c1CC[C@@H]2NC(=O)c1cc(C(=O)NCc2ccc(F)c(F)c2)nc2ccnn12. The quantitative estimate of drug-likeness (QED) is 0.265. The van der Waals surface area contributed by atoms with Gasteiger partial charge in [0, 0.05) is 30.7 Å². The van der Waals surface area contributed by atoms with E-state index in [9.17, 15) is 28.0 Å². The van der Waals surface area contributed by atoms with E-state index in [1.807, 2.05) is 6.92 Å². The van der Waals surface area contributed by atoms with Crippen LogP contribution in [0.15, 0.2) is 48.7 Å². The van der Waals surface area contributed by atoms with E-state index in [-0.39, 0.29) is 48.2 Å². The number of halogens is 2. The van der Waals surface area contributed by atoms with E-state index < -0.39 is 29.4 Å². The number of hydrogen-bond acceptors (Lipinski definition) is 6. The predicted octanol–water partition coefficient (Wildman–Crippen LogP) is 3.71. The first kappa shape index (κ1) is 27.6. The number of rotatable bonds is 9. The van der Waals surface area contributed by atoms with Gasteiger partial charge >= 0.3 is 5.97 Å². The average molecular weight is 562 g/mol. The van der Waals surface area contributed by atoms with E-state index >= 15 is 0 Å². The summed E-state index contributed by atoms with van der Waals surface area (Å²) in [6.07, 6.45) is 2.32. The third-order valence-corrected chi connectivity index (χ3v) is 7.13. The number of carboxylic acid groups (broad SMARTS) is 1. The van der Waals surface area contributed by atoms with Crippen LogP contribution in [0, 0.1) is 18.6 Å². The number of ketones is 1. The number of aliphatic carboxylic acids is 1. The Morgan fingerprint density at radius 3 is 2.59 bits per heavy atom. The molecule has 0 spiro atoms. The first-order valence-corrected chi connectivity index (χ1v) is 12.9. The van der Waals surface area contributed by atoms with Crippen molar-refractivity contribution in [2.24, 2.45) is 0 Å². The van der Waals surface area contributed by atoms with Gasteiger partial charge in [-0.15, -0.1) is 0 Å². The van der Waals surface area contributed by atoms with Crippen LogP contribution in [0.3, 0.4) is 0 Å². The number of aromatic nitrogens is 3. The molecule has 2 aromatic heterocycles. The van der Waals surface area contributed by atoms with Gasteiger partial charge in [0.2, 0.25) is 0 Å². The number of amides is 2. The maximum Gasteiger partial charge on any atom is 0.303 e. The van der Waals surface area contributed by atoms with Crippen LogP contribution >= 0.6 is 0 Å². The molecular formula is C29H25F2N5O5. The molecule has 0 aliphatic heterocycles. The molecule has 3 N–H and O–H groups in total. The number of carboxylic acids is 1. The third-order valence-electron chi connectivity index (χ3n) is 7.13. The fraction of sp³-hybridized carbons (Fsp3) is 0.241. The van der Waals surface area contributed by atoms with E-state index in [4.69, 9.17) is 5.11 Å². The van der Waals surface area contributed by atoms with Gasteiger partial charge in [-0.2, -0.15) is 5.10 Å². The molecule has 2 aromatic carbocycles. The summed E-state index contributed by atoms with van der Waals surface area (Å²) in [4.78, 5) is 54.0. The van der Waals surface area contributed by atoms with Gasteiger partial charge in [-0.25, -0.2) is 18.3 Å². The molecule has 41 heavy (non-hydrogen) atoms. The van der Waals surface area contributed by atoms with Crippen LogP contribution in [0.1, 0.15) is 78.9 Å². The Balaban J connectivity index is 1.34. The zero-order valence-electron chi connectivity index (χ0n) is 21.9. The van der Waals surface area contributed by atoms with Crippen molar-refractivity contribution in [3.63, 3.8) is 0 Å². The van der Waals surface area contributed by atoms with Gasteiger partial charge in [-0.1, -0.05) is 18.2 Å². The van der Waals surface area contributed by atoms with Crippen molar-refractivity contribution >= 4 is 29.2 Å². The molecule has 4 aromatic rings. The van der Waals surface area contributed by atoms with Crippen molar-refractivity contribution in [3.05, 3.63) is 99.5 Å². The van der Waals surface area contributed by atoms with Crippen molar-refractivity contribution in [2.75, 3.05) is 0 Å². The van der Waals surface area contributed by atoms with Crippen molar-refractivity contribution in [2.45, 2.75) is 45.2 Å². The smallest absolute Gasteiger partial charge is 0.303 e. The predicted molar refractivity (Wildman–Crippen MR) is 141 cm³/mol. The highest BCUT2D eigenvalue weighted by Gasteiger charge is 2.29. The first-order valence-electron chi connectivity index (χ1n) is 12.9. The van der Waals surface area contributed by atoms with Crippen molar-refractivity contribution in [1.82, 2.24) is 25.2 Å². The van der Waals surface area contributed by atoms with Crippen molar-refractivity contribution < 1.29 is 33.1 Å². The number of nitrogens with zero attached hydrogens (tertiary/aromatic N) is 3. The van der Waals surface area contributed by atoms with Gasteiger partial charge in [0.25, 0.3) is 11.8 Å². The lowest BCUT2D eigenvalue weighted by Crippen LogP contribution is -2.30.